The van der Waals surface area contributed by atoms with Crippen molar-refractivity contribution in [1.82, 2.24) is 4.57 Å². The lowest BCUT2D eigenvalue weighted by molar-refractivity contribution is 0.848. The Kier molecular flexibility index (Phi) is 2.74. The second-order valence-corrected chi connectivity index (χ2v) is 3.09. The Morgan fingerprint density at radius 3 is 2.67 bits per heavy atom. The maximum absolute atomic E-state index is 2.27. The fourth-order valence-corrected chi connectivity index (χ4v) is 1.52. The second-order valence-electron chi connectivity index (χ2n) is 3.09. The van der Waals surface area contributed by atoms with E-state index < -0.39 is 0 Å². The van der Waals surface area contributed by atoms with E-state index in [4.69, 9.17) is 0 Å². The Morgan fingerprint density at radius 2 is 2.17 bits per heavy atom. The molecule has 1 nitrogen and oxygen atoms in total. The van der Waals surface area contributed by atoms with Gasteiger partial charge in [0.1, 0.15) is 0 Å². The summed E-state index contributed by atoms with van der Waals surface area (Å²) in [4.78, 5) is 0. The average molecular weight is 163 g/mol. The summed E-state index contributed by atoms with van der Waals surface area (Å²) >= 11 is 0. The van der Waals surface area contributed by atoms with Crippen LogP contribution in [-0.4, -0.2) is 4.57 Å². The first-order valence-corrected chi connectivity index (χ1v) is 4.49. The van der Waals surface area contributed by atoms with E-state index in [9.17, 15) is 0 Å². The van der Waals surface area contributed by atoms with E-state index in [1.165, 1.54) is 16.3 Å². The second kappa shape index (κ2) is 3.61. The molecule has 0 fully saturated rings. The van der Waals surface area contributed by atoms with Gasteiger partial charge in [0.15, 0.2) is 0 Å². The van der Waals surface area contributed by atoms with E-state index in [-0.39, 0.29) is 0 Å². The Hall–Kier alpha value is -0.980. The first kappa shape index (κ1) is 9.11. The van der Waals surface area contributed by atoms with E-state index in [1.807, 2.05) is 0 Å². The van der Waals surface area contributed by atoms with Crippen LogP contribution in [0.25, 0.3) is 12.2 Å². The Balaban J connectivity index is 3.52. The van der Waals surface area contributed by atoms with Crippen LogP contribution >= 0.6 is 0 Å². The molecule has 0 aliphatic rings. The van der Waals surface area contributed by atoms with Crippen LogP contribution in [-0.2, 0) is 7.05 Å². The lowest BCUT2D eigenvalue weighted by atomic mass is 10.3. The molecule has 0 unspecified atom stereocenters. The first-order chi connectivity index (χ1) is 5.70. The molecule has 0 spiro atoms. The summed E-state index contributed by atoms with van der Waals surface area (Å²) in [7, 11) is 2.11. The molecule has 0 aromatic carbocycles. The van der Waals surface area contributed by atoms with Crippen LogP contribution in [0.5, 0.6) is 0 Å². The Bertz CT molecular complexity index is 368. The molecule has 0 saturated heterocycles. The fourth-order valence-electron chi connectivity index (χ4n) is 1.52. The van der Waals surface area contributed by atoms with Crippen molar-refractivity contribution in [3.8, 4) is 0 Å². The van der Waals surface area contributed by atoms with Crippen molar-refractivity contribution in [3.05, 3.63) is 22.3 Å². The van der Waals surface area contributed by atoms with Gasteiger partial charge in [0.25, 0.3) is 0 Å². The lowest BCUT2D eigenvalue weighted by Gasteiger charge is -1.93. The molecule has 1 heteroatoms. The highest BCUT2D eigenvalue weighted by atomic mass is 14.9. The summed E-state index contributed by atoms with van der Waals surface area (Å²) in [6.45, 7) is 6.39. The summed E-state index contributed by atoms with van der Waals surface area (Å²) in [5.41, 5.74) is 1.32. The van der Waals surface area contributed by atoms with Gasteiger partial charge in [-0.1, -0.05) is 19.1 Å². The number of rotatable bonds is 1. The zero-order valence-corrected chi connectivity index (χ0v) is 8.39. The maximum atomic E-state index is 2.27. The molecule has 0 N–H and O–H groups in total. The van der Waals surface area contributed by atoms with Crippen molar-refractivity contribution < 1.29 is 0 Å². The van der Waals surface area contributed by atoms with Gasteiger partial charge in [-0.25, -0.2) is 0 Å². The number of aromatic nitrogens is 1. The molecule has 66 valence electrons. The standard InChI is InChI=1S/C11H17N/c1-5-7-10-8-9(3)12(4)11(10)6-2/h6-8H,5H2,1-4H3/b10-7-,11-6+. The molecule has 0 bridgehead atoms. The van der Waals surface area contributed by atoms with Gasteiger partial charge < -0.3 is 4.57 Å². The van der Waals surface area contributed by atoms with Crippen molar-refractivity contribution in [1.29, 1.82) is 0 Å². The number of hydrogen-bond acceptors (Lipinski definition) is 0. The Labute approximate surface area is 74.0 Å². The molecule has 1 heterocycles. The van der Waals surface area contributed by atoms with E-state index in [0.29, 0.717) is 0 Å². The monoisotopic (exact) mass is 163 g/mol. The first-order valence-electron chi connectivity index (χ1n) is 4.49. The minimum atomic E-state index is 1.10. The number of nitrogens with zero attached hydrogens (tertiary/aromatic N) is 1. The third-order valence-electron chi connectivity index (χ3n) is 2.25. The van der Waals surface area contributed by atoms with Crippen LogP contribution in [0, 0.1) is 6.92 Å². The third kappa shape index (κ3) is 1.45. The summed E-state index contributed by atoms with van der Waals surface area (Å²) in [5.74, 6) is 0. The molecule has 0 saturated carbocycles. The fraction of sp³-hybridized carbons (Fsp3) is 0.455. The van der Waals surface area contributed by atoms with Crippen LogP contribution in [0.3, 0.4) is 0 Å². The molecule has 0 radical (unpaired) electrons. The van der Waals surface area contributed by atoms with Gasteiger partial charge in [-0.05, 0) is 31.6 Å². The van der Waals surface area contributed by atoms with Crippen molar-refractivity contribution in [2.45, 2.75) is 27.2 Å². The van der Waals surface area contributed by atoms with Crippen molar-refractivity contribution in [2.75, 3.05) is 0 Å². The van der Waals surface area contributed by atoms with Crippen molar-refractivity contribution in [2.24, 2.45) is 7.05 Å². The van der Waals surface area contributed by atoms with Crippen LogP contribution in [0.2, 0.25) is 0 Å². The quantitative estimate of drug-likeness (QED) is 0.588. The van der Waals surface area contributed by atoms with E-state index >= 15 is 0 Å². The summed E-state index contributed by atoms with van der Waals surface area (Å²) in [6, 6.07) is 2.23. The summed E-state index contributed by atoms with van der Waals surface area (Å²) in [5, 5.41) is 2.69. The SMILES string of the molecule is C/C=c1\c(=C/CC)cc(C)n1C. The van der Waals surface area contributed by atoms with Gasteiger partial charge in [0, 0.05) is 18.1 Å². The van der Waals surface area contributed by atoms with E-state index in [0.717, 1.165) is 6.42 Å². The van der Waals surface area contributed by atoms with Gasteiger partial charge >= 0.3 is 0 Å². The summed E-state index contributed by atoms with van der Waals surface area (Å²) in [6.07, 6.45) is 5.53. The van der Waals surface area contributed by atoms with Crippen LogP contribution in [0.1, 0.15) is 26.0 Å². The maximum Gasteiger partial charge on any atom is 0.0433 e. The molecule has 0 amide bonds. The van der Waals surface area contributed by atoms with Gasteiger partial charge in [-0.3, -0.25) is 0 Å². The van der Waals surface area contributed by atoms with Crippen LogP contribution < -0.4 is 10.6 Å². The molecule has 1 rings (SSSR count). The van der Waals surface area contributed by atoms with Gasteiger partial charge in [-0.15, -0.1) is 0 Å². The summed E-state index contributed by atoms with van der Waals surface area (Å²) < 4.78 is 2.22. The molecule has 12 heavy (non-hydrogen) atoms. The largest absolute Gasteiger partial charge is 0.348 e. The predicted octanol–water partition coefficient (Wildman–Crippen LogP) is 1.32. The van der Waals surface area contributed by atoms with Gasteiger partial charge in [0.2, 0.25) is 0 Å². The van der Waals surface area contributed by atoms with Crippen molar-refractivity contribution >= 4 is 12.2 Å². The normalized spacial score (nSPS) is 14.3. The minimum Gasteiger partial charge on any atom is -0.348 e. The third-order valence-corrected chi connectivity index (χ3v) is 2.25. The van der Waals surface area contributed by atoms with E-state index in [2.05, 4.69) is 50.6 Å². The van der Waals surface area contributed by atoms with Crippen LogP contribution in [0.4, 0.5) is 0 Å². The molecule has 0 aliphatic carbocycles. The number of aryl methyl sites for hydroxylation is 1. The Morgan fingerprint density at radius 1 is 1.50 bits per heavy atom. The molecule has 1 aromatic heterocycles. The van der Waals surface area contributed by atoms with E-state index in [1.54, 1.807) is 0 Å². The molecule has 0 atom stereocenters. The minimum absolute atomic E-state index is 1.10. The highest BCUT2D eigenvalue weighted by molar-refractivity contribution is 5.30. The zero-order valence-electron chi connectivity index (χ0n) is 8.39. The van der Waals surface area contributed by atoms with Crippen LogP contribution in [0.15, 0.2) is 6.07 Å². The molecular formula is C11H17N. The highest BCUT2D eigenvalue weighted by Gasteiger charge is 1.94. The molecule has 1 aromatic rings. The predicted molar refractivity (Wildman–Crippen MR) is 54.3 cm³/mol. The highest BCUT2D eigenvalue weighted by Crippen LogP contribution is 1.86. The lowest BCUT2D eigenvalue weighted by Crippen LogP contribution is -2.27. The topological polar surface area (TPSA) is 4.93 Å². The van der Waals surface area contributed by atoms with Crippen molar-refractivity contribution in [3.63, 3.8) is 0 Å². The zero-order chi connectivity index (χ0) is 9.14. The smallest absolute Gasteiger partial charge is 0.0433 e. The average Bonchev–Trinajstić information content (AvgIpc) is 2.29. The molecular weight excluding hydrogens is 146 g/mol. The van der Waals surface area contributed by atoms with Gasteiger partial charge in [-0.2, -0.15) is 0 Å². The molecule has 0 aliphatic heterocycles. The number of hydrogen-bond donors (Lipinski definition) is 0. The van der Waals surface area contributed by atoms with Gasteiger partial charge in [0.05, 0.1) is 0 Å².